The minimum atomic E-state index is -0.518. The molecule has 12 heteroatoms. The number of esters is 4. The summed E-state index contributed by atoms with van der Waals surface area (Å²) in [5.74, 6) is 0.285. The van der Waals surface area contributed by atoms with Crippen LogP contribution in [0.1, 0.15) is 74.1 Å². The van der Waals surface area contributed by atoms with E-state index >= 15 is 0 Å². The lowest BCUT2D eigenvalue weighted by Gasteiger charge is -2.07. The fraction of sp³-hybridized carbons (Fsp3) is 0.240. The molecular formula is C50H52N2O10. The quantitative estimate of drug-likeness (QED) is 0.0149. The van der Waals surface area contributed by atoms with Crippen LogP contribution in [-0.2, 0) is 28.7 Å². The Morgan fingerprint density at radius 1 is 0.516 bits per heavy atom. The van der Waals surface area contributed by atoms with Crippen molar-refractivity contribution in [3.63, 3.8) is 0 Å². The lowest BCUT2D eigenvalue weighted by molar-refractivity contribution is -0.138. The Morgan fingerprint density at radius 2 is 0.935 bits per heavy atom. The maximum Gasteiger partial charge on any atom is 0.336 e. The fourth-order valence-electron chi connectivity index (χ4n) is 5.33. The van der Waals surface area contributed by atoms with Crippen molar-refractivity contribution in [2.24, 2.45) is 10.2 Å². The molecule has 0 atom stereocenters. The van der Waals surface area contributed by atoms with E-state index in [9.17, 15) is 19.2 Å². The van der Waals surface area contributed by atoms with Crippen molar-refractivity contribution in [3.8, 4) is 23.0 Å². The Labute approximate surface area is 362 Å². The third kappa shape index (κ3) is 18.7. The topological polar surface area (TPSA) is 148 Å². The molecule has 0 spiro atoms. The average molecular weight is 841 g/mol. The summed E-state index contributed by atoms with van der Waals surface area (Å²) in [6.07, 6.45) is 15.4. The van der Waals surface area contributed by atoms with Gasteiger partial charge in [0.05, 0.1) is 38.4 Å². The molecule has 0 radical (unpaired) electrons. The largest absolute Gasteiger partial charge is 0.494 e. The number of unbranched alkanes of at least 4 members (excludes halogenated alkanes) is 3. The van der Waals surface area contributed by atoms with E-state index < -0.39 is 23.9 Å². The van der Waals surface area contributed by atoms with Crippen LogP contribution in [0.25, 0.3) is 12.2 Å². The molecule has 0 amide bonds. The SMILES string of the molecule is C=CC(=O)OCCCCOc1ccc(/C=C/C(=O)Oc2ccc(/C=N/N=C(\CCCC)c3ccc(OC(=O)/C=C/c4ccc(OCCCCOC(=O)C=C)cc4)cc3)cc2)cc1. The second kappa shape index (κ2) is 27.4. The number of carbonyl (C=O) groups is 4. The number of benzene rings is 4. The smallest absolute Gasteiger partial charge is 0.336 e. The minimum absolute atomic E-state index is 0.323. The molecule has 0 unspecified atom stereocenters. The van der Waals surface area contributed by atoms with Crippen molar-refractivity contribution in [1.82, 2.24) is 0 Å². The summed E-state index contributed by atoms with van der Waals surface area (Å²) in [5, 5.41) is 8.83. The molecule has 0 heterocycles. The molecule has 4 rings (SSSR count). The summed E-state index contributed by atoms with van der Waals surface area (Å²) in [7, 11) is 0. The Bertz CT molecular complexity index is 2170. The minimum Gasteiger partial charge on any atom is -0.494 e. The lowest BCUT2D eigenvalue weighted by atomic mass is 10.0. The van der Waals surface area contributed by atoms with Crippen LogP contribution in [0.5, 0.6) is 23.0 Å². The molecule has 0 aliphatic rings. The van der Waals surface area contributed by atoms with Gasteiger partial charge in [-0.15, -0.1) is 0 Å². The second-order valence-corrected chi connectivity index (χ2v) is 13.5. The van der Waals surface area contributed by atoms with Crippen LogP contribution in [0.4, 0.5) is 0 Å². The summed E-state index contributed by atoms with van der Waals surface area (Å²) in [4.78, 5) is 47.2. The summed E-state index contributed by atoms with van der Waals surface area (Å²) in [6.45, 7) is 10.5. The van der Waals surface area contributed by atoms with Crippen molar-refractivity contribution < 1.29 is 47.6 Å². The van der Waals surface area contributed by atoms with Crippen LogP contribution in [0.3, 0.4) is 0 Å². The van der Waals surface area contributed by atoms with Gasteiger partial charge < -0.3 is 28.4 Å². The van der Waals surface area contributed by atoms with E-state index in [0.717, 1.165) is 65.8 Å². The first-order chi connectivity index (χ1) is 30.2. The number of rotatable bonds is 26. The van der Waals surface area contributed by atoms with Gasteiger partial charge in [-0.2, -0.15) is 10.2 Å². The van der Waals surface area contributed by atoms with Crippen LogP contribution >= 0.6 is 0 Å². The van der Waals surface area contributed by atoms with Gasteiger partial charge in [-0.25, -0.2) is 19.2 Å². The van der Waals surface area contributed by atoms with Gasteiger partial charge in [0.25, 0.3) is 0 Å². The number of ether oxygens (including phenoxy) is 6. The maximum absolute atomic E-state index is 12.6. The third-order valence-electron chi connectivity index (χ3n) is 8.68. The highest BCUT2D eigenvalue weighted by Crippen LogP contribution is 2.19. The molecule has 0 aliphatic heterocycles. The first-order valence-corrected chi connectivity index (χ1v) is 20.4. The third-order valence-corrected chi connectivity index (χ3v) is 8.68. The molecule has 0 aliphatic carbocycles. The summed E-state index contributed by atoms with van der Waals surface area (Å²) in [5.41, 5.74) is 4.05. The van der Waals surface area contributed by atoms with Gasteiger partial charge in [0.2, 0.25) is 0 Å². The predicted molar refractivity (Wildman–Crippen MR) is 241 cm³/mol. The molecule has 0 aromatic heterocycles. The van der Waals surface area contributed by atoms with Crippen LogP contribution in [0.15, 0.2) is 145 Å². The lowest BCUT2D eigenvalue weighted by Crippen LogP contribution is -2.05. The Morgan fingerprint density at radius 3 is 1.39 bits per heavy atom. The molecule has 0 bridgehead atoms. The van der Waals surface area contributed by atoms with E-state index in [1.165, 1.54) is 12.2 Å². The van der Waals surface area contributed by atoms with E-state index in [4.69, 9.17) is 28.4 Å². The standard InChI is InChI=1S/C50H52N2O10/c1-4-7-12-46(41-21-29-45(30-22-41)62-50(56)32-20-39-15-25-43(26-16-39)58-34-9-11-36-60-48(54)6-3)52-51-37-40-17-27-44(28-18-40)61-49(55)31-19-38-13-23-42(24-14-38)57-33-8-10-35-59-47(53)5-2/h5-6,13-32,37H,2-4,7-12,33-36H2,1H3/b31-19+,32-20+,51-37+,52-46+. The van der Waals surface area contributed by atoms with Crippen molar-refractivity contribution >= 4 is 48.0 Å². The number of hydrogen-bond donors (Lipinski definition) is 0. The van der Waals surface area contributed by atoms with Crippen molar-refractivity contribution in [1.29, 1.82) is 0 Å². The predicted octanol–water partition coefficient (Wildman–Crippen LogP) is 9.71. The molecule has 322 valence electrons. The molecule has 62 heavy (non-hydrogen) atoms. The molecule has 4 aromatic rings. The molecule has 12 nitrogen and oxygen atoms in total. The highest BCUT2D eigenvalue weighted by Gasteiger charge is 2.07. The molecule has 0 N–H and O–H groups in total. The van der Waals surface area contributed by atoms with Crippen molar-refractivity contribution in [3.05, 3.63) is 157 Å². The molecule has 4 aromatic carbocycles. The molecule has 0 saturated carbocycles. The zero-order valence-corrected chi connectivity index (χ0v) is 34.9. The van der Waals surface area contributed by atoms with Crippen molar-refractivity contribution in [2.45, 2.75) is 51.9 Å². The van der Waals surface area contributed by atoms with Gasteiger partial charge in [-0.3, -0.25) is 0 Å². The van der Waals surface area contributed by atoms with E-state index in [1.54, 1.807) is 54.8 Å². The van der Waals surface area contributed by atoms with Gasteiger partial charge in [0.15, 0.2) is 0 Å². The summed E-state index contributed by atoms with van der Waals surface area (Å²) < 4.78 is 32.3. The van der Waals surface area contributed by atoms with E-state index in [2.05, 4.69) is 30.3 Å². The van der Waals surface area contributed by atoms with Gasteiger partial charge in [0.1, 0.15) is 23.0 Å². The van der Waals surface area contributed by atoms with E-state index in [-0.39, 0.29) is 0 Å². The average Bonchev–Trinajstić information content (AvgIpc) is 3.29. The van der Waals surface area contributed by atoms with Gasteiger partial charge >= 0.3 is 23.9 Å². The zero-order valence-electron chi connectivity index (χ0n) is 34.9. The van der Waals surface area contributed by atoms with E-state index in [0.29, 0.717) is 68.7 Å². The maximum atomic E-state index is 12.6. The first-order valence-electron chi connectivity index (χ1n) is 20.4. The van der Waals surface area contributed by atoms with E-state index in [1.807, 2.05) is 60.7 Å². The van der Waals surface area contributed by atoms with Gasteiger partial charge in [0, 0.05) is 24.3 Å². The second-order valence-electron chi connectivity index (χ2n) is 13.5. The Hall–Kier alpha value is -7.34. The Kier molecular flexibility index (Phi) is 20.9. The molecular weight excluding hydrogens is 789 g/mol. The molecule has 0 saturated heterocycles. The fourth-order valence-corrected chi connectivity index (χ4v) is 5.33. The molecule has 0 fully saturated rings. The Balaban J connectivity index is 1.20. The van der Waals surface area contributed by atoms with Gasteiger partial charge in [-0.1, -0.05) is 50.8 Å². The highest BCUT2D eigenvalue weighted by atomic mass is 16.5. The monoisotopic (exact) mass is 840 g/mol. The number of carbonyl (C=O) groups excluding carboxylic acids is 4. The van der Waals surface area contributed by atoms with Crippen LogP contribution in [0, 0.1) is 0 Å². The van der Waals surface area contributed by atoms with Gasteiger partial charge in [-0.05, 0) is 146 Å². The first kappa shape index (κ1) is 47.3. The number of hydrogen-bond acceptors (Lipinski definition) is 12. The van der Waals surface area contributed by atoms with Crippen LogP contribution in [-0.4, -0.2) is 62.2 Å². The van der Waals surface area contributed by atoms with Crippen LogP contribution in [0.2, 0.25) is 0 Å². The summed E-state index contributed by atoms with van der Waals surface area (Å²) in [6, 6.07) is 28.7. The number of nitrogens with zero attached hydrogens (tertiary/aromatic N) is 2. The normalized spacial score (nSPS) is 11.3. The summed E-state index contributed by atoms with van der Waals surface area (Å²) >= 11 is 0. The highest BCUT2D eigenvalue weighted by molar-refractivity contribution is 6.01. The zero-order chi connectivity index (χ0) is 44.2. The van der Waals surface area contributed by atoms with Crippen molar-refractivity contribution in [2.75, 3.05) is 26.4 Å². The van der Waals surface area contributed by atoms with Crippen LogP contribution < -0.4 is 18.9 Å².